The van der Waals surface area contributed by atoms with Gasteiger partial charge in [0.05, 0.1) is 24.5 Å². The SMILES string of the molecule is CCOC(=O)CSc1nnc(NC(=O)c2ccccc2OCC)s1. The van der Waals surface area contributed by atoms with Gasteiger partial charge >= 0.3 is 5.97 Å². The van der Waals surface area contributed by atoms with Crippen molar-refractivity contribution in [3.05, 3.63) is 29.8 Å². The minimum atomic E-state index is -0.322. The topological polar surface area (TPSA) is 90.4 Å². The molecule has 0 unspecified atom stereocenters. The molecule has 7 nitrogen and oxygen atoms in total. The van der Waals surface area contributed by atoms with Gasteiger partial charge in [-0.1, -0.05) is 35.2 Å². The van der Waals surface area contributed by atoms with Gasteiger partial charge in [0, 0.05) is 0 Å². The standard InChI is InChI=1S/C15H17N3O4S2/c1-3-21-11-8-6-5-7-10(11)13(20)16-14-17-18-15(24-14)23-9-12(19)22-4-2/h5-8H,3-4,9H2,1-2H3,(H,16,17,20). The van der Waals surface area contributed by atoms with Crippen molar-refractivity contribution in [2.75, 3.05) is 24.3 Å². The maximum atomic E-state index is 12.3. The molecule has 0 aliphatic heterocycles. The molecule has 1 heterocycles. The molecule has 0 aliphatic carbocycles. The summed E-state index contributed by atoms with van der Waals surface area (Å²) in [4.78, 5) is 23.7. The van der Waals surface area contributed by atoms with E-state index < -0.39 is 0 Å². The quantitative estimate of drug-likeness (QED) is 0.436. The number of thioether (sulfide) groups is 1. The van der Waals surface area contributed by atoms with Crippen molar-refractivity contribution in [2.24, 2.45) is 0 Å². The molecule has 0 radical (unpaired) electrons. The lowest BCUT2D eigenvalue weighted by molar-refractivity contribution is -0.139. The lowest BCUT2D eigenvalue weighted by Gasteiger charge is -2.08. The zero-order valence-electron chi connectivity index (χ0n) is 13.3. The van der Waals surface area contributed by atoms with Crippen molar-refractivity contribution in [3.63, 3.8) is 0 Å². The summed E-state index contributed by atoms with van der Waals surface area (Å²) >= 11 is 2.41. The summed E-state index contributed by atoms with van der Waals surface area (Å²) in [5, 5.41) is 10.9. The number of nitrogens with zero attached hydrogens (tertiary/aromatic N) is 2. The number of carbonyl (C=O) groups excluding carboxylic acids is 2. The molecule has 128 valence electrons. The Bertz CT molecular complexity index is 706. The van der Waals surface area contributed by atoms with E-state index in [-0.39, 0.29) is 17.6 Å². The summed E-state index contributed by atoms with van der Waals surface area (Å²) in [5.41, 5.74) is 0.426. The van der Waals surface area contributed by atoms with Crippen LogP contribution in [0, 0.1) is 0 Å². The highest BCUT2D eigenvalue weighted by molar-refractivity contribution is 8.01. The van der Waals surface area contributed by atoms with Gasteiger partial charge in [-0.15, -0.1) is 10.2 Å². The van der Waals surface area contributed by atoms with Crippen LogP contribution in [0.5, 0.6) is 5.75 Å². The van der Waals surface area contributed by atoms with Crippen LogP contribution in [0.15, 0.2) is 28.6 Å². The van der Waals surface area contributed by atoms with Crippen LogP contribution < -0.4 is 10.1 Å². The fourth-order valence-corrected chi connectivity index (χ4v) is 3.29. The van der Waals surface area contributed by atoms with Gasteiger partial charge < -0.3 is 9.47 Å². The lowest BCUT2D eigenvalue weighted by Crippen LogP contribution is -2.13. The Morgan fingerprint density at radius 3 is 2.75 bits per heavy atom. The van der Waals surface area contributed by atoms with E-state index >= 15 is 0 Å². The van der Waals surface area contributed by atoms with Gasteiger partial charge in [0.2, 0.25) is 5.13 Å². The number of ether oxygens (including phenoxy) is 2. The van der Waals surface area contributed by atoms with Gasteiger partial charge in [-0.2, -0.15) is 0 Å². The first-order chi connectivity index (χ1) is 11.6. The number of rotatable bonds is 8. The maximum absolute atomic E-state index is 12.3. The van der Waals surface area contributed by atoms with Gasteiger partial charge in [0.15, 0.2) is 4.34 Å². The second-order valence-corrected chi connectivity index (χ2v) is 6.55. The molecule has 1 aromatic carbocycles. The average Bonchev–Trinajstić information content (AvgIpc) is 3.01. The molecule has 0 aliphatic rings. The van der Waals surface area contributed by atoms with Crippen LogP contribution >= 0.6 is 23.1 Å². The molecular formula is C15H17N3O4S2. The number of carbonyl (C=O) groups is 2. The molecule has 0 saturated carbocycles. The predicted molar refractivity (Wildman–Crippen MR) is 92.8 cm³/mol. The first-order valence-electron chi connectivity index (χ1n) is 7.29. The Kier molecular flexibility index (Phi) is 7.01. The van der Waals surface area contributed by atoms with Crippen LogP contribution in [-0.4, -0.2) is 41.0 Å². The van der Waals surface area contributed by atoms with Crippen LogP contribution in [-0.2, 0) is 9.53 Å². The average molecular weight is 367 g/mol. The van der Waals surface area contributed by atoms with Crippen molar-refractivity contribution < 1.29 is 19.1 Å². The van der Waals surface area contributed by atoms with Gasteiger partial charge in [0.1, 0.15) is 5.75 Å². The molecule has 1 N–H and O–H groups in total. The summed E-state index contributed by atoms with van der Waals surface area (Å²) in [5.74, 6) is 0.0360. The third-order valence-electron chi connectivity index (χ3n) is 2.68. The number of esters is 1. The van der Waals surface area contributed by atoms with Crippen molar-refractivity contribution in [1.29, 1.82) is 0 Å². The van der Waals surface area contributed by atoms with E-state index in [0.717, 1.165) is 0 Å². The number of hydrogen-bond donors (Lipinski definition) is 1. The van der Waals surface area contributed by atoms with Crippen LogP contribution in [0.4, 0.5) is 5.13 Å². The van der Waals surface area contributed by atoms with E-state index in [1.54, 1.807) is 31.2 Å². The van der Waals surface area contributed by atoms with E-state index in [9.17, 15) is 9.59 Å². The normalized spacial score (nSPS) is 10.2. The molecule has 0 bridgehead atoms. The lowest BCUT2D eigenvalue weighted by atomic mass is 10.2. The fraction of sp³-hybridized carbons (Fsp3) is 0.333. The van der Waals surface area contributed by atoms with Crippen molar-refractivity contribution in [3.8, 4) is 5.75 Å². The third-order valence-corrected chi connectivity index (χ3v) is 4.62. The molecule has 1 amide bonds. The minimum Gasteiger partial charge on any atom is -0.493 e. The van der Waals surface area contributed by atoms with Crippen molar-refractivity contribution >= 4 is 40.1 Å². The monoisotopic (exact) mass is 367 g/mol. The Hall–Kier alpha value is -2.13. The Morgan fingerprint density at radius 2 is 2.00 bits per heavy atom. The molecule has 2 aromatic rings. The Labute approximate surface area is 147 Å². The smallest absolute Gasteiger partial charge is 0.316 e. The van der Waals surface area contributed by atoms with Crippen molar-refractivity contribution in [1.82, 2.24) is 10.2 Å². The van der Waals surface area contributed by atoms with Gasteiger partial charge in [-0.25, -0.2) is 0 Å². The highest BCUT2D eigenvalue weighted by atomic mass is 32.2. The highest BCUT2D eigenvalue weighted by Gasteiger charge is 2.15. The van der Waals surface area contributed by atoms with E-state index in [0.29, 0.717) is 34.0 Å². The second-order valence-electron chi connectivity index (χ2n) is 4.35. The summed E-state index contributed by atoms with van der Waals surface area (Å²) in [6.45, 7) is 4.42. The van der Waals surface area contributed by atoms with Crippen LogP contribution in [0.1, 0.15) is 24.2 Å². The third kappa shape index (κ3) is 5.20. The molecular weight excluding hydrogens is 350 g/mol. The van der Waals surface area contributed by atoms with E-state index in [2.05, 4.69) is 15.5 Å². The van der Waals surface area contributed by atoms with Crippen LogP contribution in [0.25, 0.3) is 0 Å². The first kappa shape index (κ1) is 18.2. The maximum Gasteiger partial charge on any atom is 0.316 e. The Balaban J connectivity index is 1.97. The fourth-order valence-electron chi connectivity index (χ4n) is 1.74. The summed E-state index contributed by atoms with van der Waals surface area (Å²) in [7, 11) is 0. The van der Waals surface area contributed by atoms with E-state index in [4.69, 9.17) is 9.47 Å². The molecule has 0 spiro atoms. The van der Waals surface area contributed by atoms with Crippen LogP contribution in [0.2, 0.25) is 0 Å². The van der Waals surface area contributed by atoms with Crippen molar-refractivity contribution in [2.45, 2.75) is 18.2 Å². The van der Waals surface area contributed by atoms with Gasteiger partial charge in [-0.3, -0.25) is 14.9 Å². The summed E-state index contributed by atoms with van der Waals surface area (Å²) in [6, 6.07) is 6.98. The minimum absolute atomic E-state index is 0.156. The van der Waals surface area contributed by atoms with Gasteiger partial charge in [0.25, 0.3) is 5.91 Å². The number of anilines is 1. The summed E-state index contributed by atoms with van der Waals surface area (Å²) in [6.07, 6.45) is 0. The molecule has 9 heteroatoms. The second kappa shape index (κ2) is 9.24. The Morgan fingerprint density at radius 1 is 1.21 bits per heavy atom. The predicted octanol–water partition coefficient (Wildman–Crippen LogP) is 2.84. The largest absolute Gasteiger partial charge is 0.493 e. The number of hydrogen-bond acceptors (Lipinski definition) is 8. The molecule has 0 saturated heterocycles. The van der Waals surface area contributed by atoms with Gasteiger partial charge in [-0.05, 0) is 26.0 Å². The zero-order valence-corrected chi connectivity index (χ0v) is 14.9. The number of benzene rings is 1. The number of para-hydroxylation sites is 1. The summed E-state index contributed by atoms with van der Waals surface area (Å²) < 4.78 is 10.9. The number of nitrogens with one attached hydrogen (secondary N) is 1. The number of aromatic nitrogens is 2. The first-order valence-corrected chi connectivity index (χ1v) is 9.09. The molecule has 2 rings (SSSR count). The molecule has 1 aromatic heterocycles. The zero-order chi connectivity index (χ0) is 17.4. The van der Waals surface area contributed by atoms with E-state index in [1.165, 1.54) is 23.1 Å². The van der Waals surface area contributed by atoms with E-state index in [1.807, 2.05) is 6.92 Å². The molecule has 0 fully saturated rings. The molecule has 24 heavy (non-hydrogen) atoms. The molecule has 0 atom stereocenters. The highest BCUT2D eigenvalue weighted by Crippen LogP contribution is 2.26. The van der Waals surface area contributed by atoms with Crippen LogP contribution in [0.3, 0.4) is 0 Å². The number of amides is 1.